The predicted molar refractivity (Wildman–Crippen MR) is 95.9 cm³/mol. The third-order valence-electron chi connectivity index (χ3n) is 3.47. The van der Waals surface area contributed by atoms with E-state index in [1.807, 2.05) is 6.92 Å². The topological polar surface area (TPSA) is 66.9 Å². The van der Waals surface area contributed by atoms with E-state index < -0.39 is 5.82 Å². The highest BCUT2D eigenvalue weighted by Crippen LogP contribution is 2.20. The maximum absolute atomic E-state index is 13.6. The quantitative estimate of drug-likeness (QED) is 0.718. The van der Waals surface area contributed by atoms with Crippen molar-refractivity contribution in [1.82, 2.24) is 9.97 Å². The molecule has 5 nitrogen and oxygen atoms in total. The van der Waals surface area contributed by atoms with Crippen molar-refractivity contribution in [2.45, 2.75) is 6.92 Å². The summed E-state index contributed by atoms with van der Waals surface area (Å²) >= 11 is 5.90. The highest BCUT2D eigenvalue weighted by molar-refractivity contribution is 6.30. The zero-order valence-corrected chi connectivity index (χ0v) is 14.0. The number of amides is 1. The molecule has 2 N–H and O–H groups in total. The maximum atomic E-state index is 13.6. The smallest absolute Gasteiger partial charge is 0.258 e. The van der Waals surface area contributed by atoms with Crippen LogP contribution in [0.2, 0.25) is 5.02 Å². The van der Waals surface area contributed by atoms with Crippen LogP contribution in [0.3, 0.4) is 0 Å². The van der Waals surface area contributed by atoms with E-state index in [-0.39, 0.29) is 23.1 Å². The zero-order chi connectivity index (χ0) is 17.8. The van der Waals surface area contributed by atoms with Crippen LogP contribution in [0.15, 0.2) is 54.9 Å². The van der Waals surface area contributed by atoms with Gasteiger partial charge < -0.3 is 10.6 Å². The van der Waals surface area contributed by atoms with Crippen LogP contribution in [-0.2, 0) is 0 Å². The molecule has 0 aliphatic rings. The molecule has 0 saturated heterocycles. The average molecular weight is 357 g/mol. The van der Waals surface area contributed by atoms with Crippen LogP contribution in [-0.4, -0.2) is 15.9 Å². The van der Waals surface area contributed by atoms with E-state index in [4.69, 9.17) is 11.6 Å². The van der Waals surface area contributed by atoms with Crippen molar-refractivity contribution < 1.29 is 9.18 Å². The van der Waals surface area contributed by atoms with Gasteiger partial charge >= 0.3 is 0 Å². The number of rotatable bonds is 4. The number of aryl methyl sites for hydroxylation is 1. The summed E-state index contributed by atoms with van der Waals surface area (Å²) in [5, 5.41) is 6.13. The van der Waals surface area contributed by atoms with Gasteiger partial charge in [-0.1, -0.05) is 23.7 Å². The van der Waals surface area contributed by atoms with E-state index in [0.717, 1.165) is 5.56 Å². The van der Waals surface area contributed by atoms with E-state index in [9.17, 15) is 9.18 Å². The van der Waals surface area contributed by atoms with Crippen LogP contribution in [0, 0.1) is 12.7 Å². The average Bonchev–Trinajstić information content (AvgIpc) is 2.60. The summed E-state index contributed by atoms with van der Waals surface area (Å²) in [7, 11) is 0. The van der Waals surface area contributed by atoms with Crippen molar-refractivity contribution in [1.29, 1.82) is 0 Å². The largest absolute Gasteiger partial charge is 0.322 e. The summed E-state index contributed by atoms with van der Waals surface area (Å²) in [6.45, 7) is 1.85. The molecule has 1 heterocycles. The summed E-state index contributed by atoms with van der Waals surface area (Å²) in [5.41, 5.74) is 2.05. The fourth-order valence-electron chi connectivity index (χ4n) is 2.15. The lowest BCUT2D eigenvalue weighted by molar-refractivity contribution is 0.102. The van der Waals surface area contributed by atoms with Gasteiger partial charge in [0.15, 0.2) is 0 Å². The lowest BCUT2D eigenvalue weighted by Crippen LogP contribution is -2.14. The Morgan fingerprint density at radius 3 is 2.48 bits per heavy atom. The number of aromatic nitrogens is 2. The normalized spacial score (nSPS) is 10.4. The highest BCUT2D eigenvalue weighted by Gasteiger charge is 2.10. The number of hydrogen-bond donors (Lipinski definition) is 2. The summed E-state index contributed by atoms with van der Waals surface area (Å²) in [6, 6.07) is 11.4. The Labute approximate surface area is 148 Å². The van der Waals surface area contributed by atoms with Gasteiger partial charge in [0.1, 0.15) is 5.82 Å². The van der Waals surface area contributed by atoms with E-state index in [0.29, 0.717) is 10.7 Å². The number of benzene rings is 2. The van der Waals surface area contributed by atoms with Crippen LogP contribution >= 0.6 is 11.6 Å². The summed E-state index contributed by atoms with van der Waals surface area (Å²) in [6.07, 6.45) is 2.74. The standard InChI is InChI=1S/C18H14ClFN4O/c1-11-8-13(19)6-7-15(11)23-17(25)12-9-21-18(22-10-12)24-16-5-3-2-4-14(16)20/h2-10H,1H3,(H,23,25)(H,21,22,24). The molecule has 0 fully saturated rings. The summed E-state index contributed by atoms with van der Waals surface area (Å²) in [5.74, 6) is -0.557. The van der Waals surface area contributed by atoms with Gasteiger partial charge in [0, 0.05) is 23.1 Å². The second-order valence-corrected chi connectivity index (χ2v) is 5.75. The minimum absolute atomic E-state index is 0.198. The van der Waals surface area contributed by atoms with Crippen molar-refractivity contribution in [2.24, 2.45) is 0 Å². The molecule has 0 aliphatic carbocycles. The molecule has 25 heavy (non-hydrogen) atoms. The Balaban J connectivity index is 1.71. The van der Waals surface area contributed by atoms with Crippen LogP contribution in [0.25, 0.3) is 0 Å². The third-order valence-corrected chi connectivity index (χ3v) is 3.71. The summed E-state index contributed by atoms with van der Waals surface area (Å²) in [4.78, 5) is 20.4. The maximum Gasteiger partial charge on any atom is 0.258 e. The Hall–Kier alpha value is -2.99. The van der Waals surface area contributed by atoms with Gasteiger partial charge in [0.2, 0.25) is 5.95 Å². The van der Waals surface area contributed by atoms with Crippen LogP contribution in [0.5, 0.6) is 0 Å². The molecule has 0 spiro atoms. The van der Waals surface area contributed by atoms with Crippen molar-refractivity contribution in [3.8, 4) is 0 Å². The van der Waals surface area contributed by atoms with Crippen molar-refractivity contribution in [2.75, 3.05) is 10.6 Å². The van der Waals surface area contributed by atoms with E-state index in [2.05, 4.69) is 20.6 Å². The second-order valence-electron chi connectivity index (χ2n) is 5.31. The molecule has 126 valence electrons. The molecule has 3 aromatic rings. The number of para-hydroxylation sites is 1. The van der Waals surface area contributed by atoms with Gasteiger partial charge in [0.25, 0.3) is 5.91 Å². The first kappa shape index (κ1) is 16.9. The highest BCUT2D eigenvalue weighted by atomic mass is 35.5. The number of carbonyl (C=O) groups excluding carboxylic acids is 1. The number of halogens is 2. The van der Waals surface area contributed by atoms with E-state index in [1.165, 1.54) is 18.5 Å². The van der Waals surface area contributed by atoms with E-state index in [1.54, 1.807) is 36.4 Å². The Morgan fingerprint density at radius 2 is 1.80 bits per heavy atom. The molecule has 1 amide bonds. The Morgan fingerprint density at radius 1 is 1.08 bits per heavy atom. The first-order valence-electron chi connectivity index (χ1n) is 7.44. The molecule has 0 saturated carbocycles. The van der Waals surface area contributed by atoms with Gasteiger partial charge in [0.05, 0.1) is 11.3 Å². The fraction of sp³-hybridized carbons (Fsp3) is 0.0556. The molecular weight excluding hydrogens is 343 g/mol. The monoisotopic (exact) mass is 356 g/mol. The number of hydrogen-bond acceptors (Lipinski definition) is 4. The van der Waals surface area contributed by atoms with Crippen molar-refractivity contribution >= 4 is 34.8 Å². The molecule has 2 aromatic carbocycles. The number of nitrogens with one attached hydrogen (secondary N) is 2. The van der Waals surface area contributed by atoms with E-state index >= 15 is 0 Å². The van der Waals surface area contributed by atoms with Gasteiger partial charge in [-0.15, -0.1) is 0 Å². The van der Waals surface area contributed by atoms with Gasteiger partial charge in [-0.2, -0.15) is 0 Å². The minimum Gasteiger partial charge on any atom is -0.322 e. The molecule has 0 atom stereocenters. The van der Waals surface area contributed by atoms with Crippen LogP contribution in [0.4, 0.5) is 21.7 Å². The summed E-state index contributed by atoms with van der Waals surface area (Å²) < 4.78 is 13.6. The fourth-order valence-corrected chi connectivity index (χ4v) is 2.38. The SMILES string of the molecule is Cc1cc(Cl)ccc1NC(=O)c1cnc(Nc2ccccc2F)nc1. The molecule has 7 heteroatoms. The Kier molecular flexibility index (Phi) is 4.90. The van der Waals surface area contributed by atoms with Crippen molar-refractivity contribution in [3.63, 3.8) is 0 Å². The van der Waals surface area contributed by atoms with Crippen LogP contribution < -0.4 is 10.6 Å². The second kappa shape index (κ2) is 7.27. The molecule has 0 unspecified atom stereocenters. The lowest BCUT2D eigenvalue weighted by atomic mass is 10.2. The number of anilines is 3. The molecule has 1 aromatic heterocycles. The number of carbonyl (C=O) groups is 1. The zero-order valence-electron chi connectivity index (χ0n) is 13.3. The van der Waals surface area contributed by atoms with Crippen molar-refractivity contribution in [3.05, 3.63) is 76.8 Å². The molecule has 0 aliphatic heterocycles. The third kappa shape index (κ3) is 4.10. The Bertz CT molecular complexity index is 915. The lowest BCUT2D eigenvalue weighted by Gasteiger charge is -2.09. The minimum atomic E-state index is -0.411. The first-order chi connectivity index (χ1) is 12.0. The predicted octanol–water partition coefficient (Wildman–Crippen LogP) is 4.57. The van der Waals surface area contributed by atoms with Crippen LogP contribution in [0.1, 0.15) is 15.9 Å². The molecule has 3 rings (SSSR count). The van der Waals surface area contributed by atoms with Gasteiger partial charge in [-0.05, 0) is 42.8 Å². The van der Waals surface area contributed by atoms with Gasteiger partial charge in [-0.3, -0.25) is 4.79 Å². The molecule has 0 radical (unpaired) electrons. The number of nitrogens with zero attached hydrogens (tertiary/aromatic N) is 2. The molecule has 0 bridgehead atoms. The van der Waals surface area contributed by atoms with Gasteiger partial charge in [-0.25, -0.2) is 14.4 Å². The first-order valence-corrected chi connectivity index (χ1v) is 7.82. The molecular formula is C18H14ClFN4O.